The number of halogens is 4. The number of thioether (sulfide) groups is 1. The molecule has 0 saturated carbocycles. The molecular weight excluding hydrogens is 925 g/mol. The van der Waals surface area contributed by atoms with E-state index < -0.39 is 58.9 Å². The Morgan fingerprint density at radius 3 is 2.09 bits per heavy atom. The van der Waals surface area contributed by atoms with E-state index in [0.29, 0.717) is 37.0 Å². The topological polar surface area (TPSA) is 177 Å². The number of aliphatic hydroxyl groups excluding tert-OH is 3. The zero-order chi connectivity index (χ0) is 46.8. The number of anilines is 2. The van der Waals surface area contributed by atoms with Crippen molar-refractivity contribution in [2.75, 3.05) is 61.9 Å². The van der Waals surface area contributed by atoms with E-state index in [-0.39, 0.29) is 56.5 Å². The second-order valence-corrected chi connectivity index (χ2v) is 20.6. The highest BCUT2D eigenvalue weighted by Gasteiger charge is 2.48. The SMILES string of the molecule is O=C(NS(=O)(=O)c1ccc(N[C@H](CCN(CCO)CCO)CSc2ccccc2)c(S(=O)(=O)C(F)(F)F)c1)c1ccc(N2CCC(C(O)c3ccccc3-c3ccc(Cl)cc3)CC2)cc1. The molecule has 5 aromatic rings. The lowest BCUT2D eigenvalue weighted by Crippen LogP contribution is -2.36. The Bertz CT molecular complexity index is 2580. The third kappa shape index (κ3) is 12.8. The number of carbonyl (C=O) groups excluding carboxylic acids is 1. The van der Waals surface area contributed by atoms with Crippen molar-refractivity contribution in [1.82, 2.24) is 9.62 Å². The average molecular weight is 976 g/mol. The Morgan fingerprint density at radius 1 is 0.831 bits per heavy atom. The monoisotopic (exact) mass is 974 g/mol. The Labute approximate surface area is 386 Å². The van der Waals surface area contributed by atoms with Gasteiger partial charge < -0.3 is 25.5 Å². The third-order valence-electron chi connectivity index (χ3n) is 11.2. The van der Waals surface area contributed by atoms with Crippen LogP contribution in [0.4, 0.5) is 24.5 Å². The van der Waals surface area contributed by atoms with Gasteiger partial charge in [-0.05, 0) is 109 Å². The lowest BCUT2D eigenvalue weighted by molar-refractivity contribution is -0.0435. The molecule has 0 radical (unpaired) electrons. The molecular formula is C46H50ClF3N4O8S3. The molecule has 1 amide bonds. The first-order chi connectivity index (χ1) is 31.0. The zero-order valence-electron chi connectivity index (χ0n) is 35.1. The predicted molar refractivity (Wildman–Crippen MR) is 247 cm³/mol. The van der Waals surface area contributed by atoms with Gasteiger partial charge in [0.2, 0.25) is 0 Å². The van der Waals surface area contributed by atoms with Crippen LogP contribution in [-0.2, 0) is 19.9 Å². The Kier molecular flexibility index (Phi) is 17.0. The van der Waals surface area contributed by atoms with Gasteiger partial charge in [-0.2, -0.15) is 13.2 Å². The molecule has 0 spiro atoms. The van der Waals surface area contributed by atoms with E-state index >= 15 is 0 Å². The number of nitrogens with zero attached hydrogens (tertiary/aromatic N) is 2. The number of nitrogens with one attached hydrogen (secondary N) is 2. The van der Waals surface area contributed by atoms with Crippen LogP contribution in [0, 0.1) is 5.92 Å². The maximum absolute atomic E-state index is 14.2. The predicted octanol–water partition coefficient (Wildman–Crippen LogP) is 7.62. The molecule has 19 heteroatoms. The summed E-state index contributed by atoms with van der Waals surface area (Å²) in [7, 11) is -11.0. The van der Waals surface area contributed by atoms with Gasteiger partial charge in [-0.1, -0.05) is 66.2 Å². The van der Waals surface area contributed by atoms with Crippen LogP contribution in [0.1, 0.15) is 41.3 Å². The second-order valence-electron chi connectivity index (χ2n) is 15.5. The molecule has 0 aliphatic carbocycles. The summed E-state index contributed by atoms with van der Waals surface area (Å²) in [6, 6.07) is 31.9. The molecule has 1 aliphatic heterocycles. The summed E-state index contributed by atoms with van der Waals surface area (Å²) in [4.78, 5) is 15.7. The van der Waals surface area contributed by atoms with Crippen molar-refractivity contribution in [3.8, 4) is 11.1 Å². The number of sulfonamides is 1. The molecule has 1 saturated heterocycles. The second kappa shape index (κ2) is 22.2. The fraction of sp³-hybridized carbons (Fsp3) is 0.326. The third-order valence-corrected chi connectivity index (χ3v) is 15.5. The summed E-state index contributed by atoms with van der Waals surface area (Å²) in [5.74, 6) is -0.871. The largest absolute Gasteiger partial charge is 0.501 e. The Balaban J connectivity index is 1.14. The summed E-state index contributed by atoms with van der Waals surface area (Å²) in [6.45, 7) is 1.47. The minimum Gasteiger partial charge on any atom is -0.395 e. The number of hydrogen-bond donors (Lipinski definition) is 5. The van der Waals surface area contributed by atoms with Gasteiger partial charge in [-0.3, -0.25) is 9.69 Å². The molecule has 5 N–H and O–H groups in total. The molecule has 0 aromatic heterocycles. The molecule has 1 fully saturated rings. The van der Waals surface area contributed by atoms with E-state index in [9.17, 15) is 50.1 Å². The van der Waals surface area contributed by atoms with Gasteiger partial charge in [-0.25, -0.2) is 21.6 Å². The summed E-state index contributed by atoms with van der Waals surface area (Å²) < 4.78 is 97.4. The van der Waals surface area contributed by atoms with Crippen LogP contribution in [0.3, 0.4) is 0 Å². The molecule has 348 valence electrons. The normalized spacial score (nSPS) is 14.9. The maximum Gasteiger partial charge on any atom is 0.501 e. The quantitative estimate of drug-likeness (QED) is 0.0484. The van der Waals surface area contributed by atoms with E-state index in [4.69, 9.17) is 11.6 Å². The van der Waals surface area contributed by atoms with E-state index in [2.05, 4.69) is 10.2 Å². The molecule has 0 bridgehead atoms. The fourth-order valence-electron chi connectivity index (χ4n) is 7.66. The van der Waals surface area contributed by atoms with Crippen molar-refractivity contribution in [3.63, 3.8) is 0 Å². The summed E-state index contributed by atoms with van der Waals surface area (Å²) in [6.07, 6.45) is 0.853. The van der Waals surface area contributed by atoms with Crippen molar-refractivity contribution in [1.29, 1.82) is 0 Å². The van der Waals surface area contributed by atoms with E-state index in [1.165, 1.54) is 23.9 Å². The highest BCUT2D eigenvalue weighted by atomic mass is 35.5. The number of rotatable bonds is 20. The zero-order valence-corrected chi connectivity index (χ0v) is 38.3. The molecule has 12 nitrogen and oxygen atoms in total. The standard InChI is InChI=1S/C46H50ClF3N4O8S3/c47-35-14-10-32(11-15-35)40-8-4-5-9-41(40)44(57)33-20-24-54(25-21-33)37-16-12-34(13-17-37)45(58)52-65(61,62)39-18-19-42(43(30-39)64(59,60)46(48,49)50)51-36(22-23-53(26-28-55)27-29-56)31-63-38-6-2-1-3-7-38/h1-19,30,33,36,44,51,55-57H,20-29,31H2,(H,52,58)/t36-,44?/m1/s1. The van der Waals surface area contributed by atoms with Crippen LogP contribution in [0.2, 0.25) is 5.02 Å². The maximum atomic E-state index is 14.2. The number of sulfone groups is 1. The number of benzene rings is 5. The summed E-state index contributed by atoms with van der Waals surface area (Å²) in [5.41, 5.74) is -2.95. The Hall–Kier alpha value is -4.66. The minimum absolute atomic E-state index is 0.0303. The first-order valence-electron chi connectivity index (χ1n) is 20.8. The fourth-order valence-corrected chi connectivity index (χ4v) is 10.8. The van der Waals surface area contributed by atoms with Crippen LogP contribution in [0.15, 0.2) is 136 Å². The number of alkyl halides is 3. The summed E-state index contributed by atoms with van der Waals surface area (Å²) >= 11 is 7.45. The van der Waals surface area contributed by atoms with Gasteiger partial charge in [0.05, 0.1) is 29.9 Å². The number of aliphatic hydroxyl groups is 3. The number of amides is 1. The van der Waals surface area contributed by atoms with Crippen molar-refractivity contribution in [2.24, 2.45) is 5.92 Å². The van der Waals surface area contributed by atoms with Crippen LogP contribution < -0.4 is 14.9 Å². The van der Waals surface area contributed by atoms with Gasteiger partial charge in [0.25, 0.3) is 25.8 Å². The van der Waals surface area contributed by atoms with Crippen LogP contribution in [0.5, 0.6) is 0 Å². The summed E-state index contributed by atoms with van der Waals surface area (Å²) in [5, 5.41) is 33.9. The van der Waals surface area contributed by atoms with Gasteiger partial charge in [0.1, 0.15) is 4.90 Å². The van der Waals surface area contributed by atoms with Gasteiger partial charge in [0, 0.05) is 65.7 Å². The Morgan fingerprint density at radius 2 is 1.46 bits per heavy atom. The van der Waals surface area contributed by atoms with E-state index in [1.54, 1.807) is 41.3 Å². The van der Waals surface area contributed by atoms with Crippen LogP contribution in [-0.4, -0.2) is 106 Å². The molecule has 65 heavy (non-hydrogen) atoms. The highest BCUT2D eigenvalue weighted by molar-refractivity contribution is 7.99. The van der Waals surface area contributed by atoms with Gasteiger partial charge in [-0.15, -0.1) is 11.8 Å². The number of hydrogen-bond acceptors (Lipinski definition) is 12. The molecule has 6 rings (SSSR count). The lowest BCUT2D eigenvalue weighted by Gasteiger charge is -2.36. The van der Waals surface area contributed by atoms with Crippen molar-refractivity contribution in [3.05, 3.63) is 137 Å². The number of carbonyl (C=O) groups is 1. The smallest absolute Gasteiger partial charge is 0.395 e. The van der Waals surface area contributed by atoms with E-state index in [0.717, 1.165) is 39.4 Å². The van der Waals surface area contributed by atoms with Gasteiger partial charge >= 0.3 is 5.51 Å². The molecule has 2 atom stereocenters. The molecule has 1 unspecified atom stereocenters. The lowest BCUT2D eigenvalue weighted by atomic mass is 9.84. The average Bonchev–Trinajstić information content (AvgIpc) is 3.30. The van der Waals surface area contributed by atoms with Crippen LogP contribution in [0.25, 0.3) is 11.1 Å². The van der Waals surface area contributed by atoms with Crippen molar-refractivity contribution < 1.29 is 50.1 Å². The first kappa shape index (κ1) is 49.8. The van der Waals surface area contributed by atoms with E-state index in [1.807, 2.05) is 59.3 Å². The van der Waals surface area contributed by atoms with Crippen LogP contribution >= 0.6 is 23.4 Å². The molecule has 1 aliphatic rings. The van der Waals surface area contributed by atoms with Crippen molar-refractivity contribution >= 4 is 60.5 Å². The van der Waals surface area contributed by atoms with Crippen molar-refractivity contribution in [2.45, 2.75) is 51.6 Å². The number of piperidine rings is 1. The first-order valence-corrected chi connectivity index (χ1v) is 25.1. The van der Waals surface area contributed by atoms with Gasteiger partial charge in [0.15, 0.2) is 0 Å². The molecule has 5 aromatic carbocycles. The minimum atomic E-state index is -6.13. The highest BCUT2D eigenvalue weighted by Crippen LogP contribution is 2.39. The molecule has 1 heterocycles.